The monoisotopic (exact) mass is 217 g/mol. The lowest BCUT2D eigenvalue weighted by Gasteiger charge is -2.27. The third kappa shape index (κ3) is 2.26. The van der Waals surface area contributed by atoms with Crippen LogP contribution < -0.4 is 0 Å². The van der Waals surface area contributed by atoms with Gasteiger partial charge in [0.15, 0.2) is 0 Å². The first-order valence-electron chi connectivity index (χ1n) is 6.20. The highest BCUT2D eigenvalue weighted by Crippen LogP contribution is 2.16. The van der Waals surface area contributed by atoms with Crippen molar-refractivity contribution in [3.63, 3.8) is 0 Å². The Morgan fingerprint density at radius 2 is 1.88 bits per heavy atom. The van der Waals surface area contributed by atoms with Crippen molar-refractivity contribution in [2.45, 2.75) is 32.6 Å². The third-order valence-electron chi connectivity index (χ3n) is 3.27. The van der Waals surface area contributed by atoms with E-state index < -0.39 is 0 Å². The first-order valence-corrected chi connectivity index (χ1v) is 6.20. The van der Waals surface area contributed by atoms with Crippen LogP contribution in [0.2, 0.25) is 0 Å². The Labute approximate surface area is 97.3 Å². The Morgan fingerprint density at radius 1 is 1.19 bits per heavy atom. The molecule has 2 rings (SSSR count). The van der Waals surface area contributed by atoms with E-state index >= 15 is 0 Å². The van der Waals surface area contributed by atoms with E-state index in [0.29, 0.717) is 0 Å². The van der Waals surface area contributed by atoms with Crippen molar-refractivity contribution in [1.82, 2.24) is 4.90 Å². The molecule has 1 heterocycles. The molecule has 0 unspecified atom stereocenters. The van der Waals surface area contributed by atoms with E-state index in [9.17, 15) is 4.79 Å². The molecule has 16 heavy (non-hydrogen) atoms. The Bertz CT molecular complexity index is 367. The van der Waals surface area contributed by atoms with Crippen LogP contribution >= 0.6 is 0 Å². The molecule has 2 nitrogen and oxygen atoms in total. The second kappa shape index (κ2) is 5.15. The van der Waals surface area contributed by atoms with Crippen molar-refractivity contribution >= 4 is 5.91 Å². The van der Waals surface area contributed by atoms with Gasteiger partial charge in [0.1, 0.15) is 0 Å². The van der Waals surface area contributed by atoms with Gasteiger partial charge in [-0.2, -0.15) is 0 Å². The summed E-state index contributed by atoms with van der Waals surface area (Å²) < 4.78 is 0. The second-order valence-corrected chi connectivity index (χ2v) is 4.36. The maximum Gasteiger partial charge on any atom is 0.254 e. The summed E-state index contributed by atoms with van der Waals surface area (Å²) in [5.74, 6) is 0.220. The van der Waals surface area contributed by atoms with Crippen LogP contribution in [-0.4, -0.2) is 23.9 Å². The number of benzene rings is 1. The predicted molar refractivity (Wildman–Crippen MR) is 65.6 cm³/mol. The second-order valence-electron chi connectivity index (χ2n) is 4.36. The van der Waals surface area contributed by atoms with E-state index in [4.69, 9.17) is 0 Å². The predicted octanol–water partition coefficient (Wildman–Crippen LogP) is 2.88. The first kappa shape index (κ1) is 11.2. The number of piperidine rings is 1. The van der Waals surface area contributed by atoms with Gasteiger partial charge < -0.3 is 4.90 Å². The van der Waals surface area contributed by atoms with Crippen LogP contribution in [-0.2, 0) is 6.42 Å². The van der Waals surface area contributed by atoms with Gasteiger partial charge in [-0.1, -0.05) is 25.1 Å². The summed E-state index contributed by atoms with van der Waals surface area (Å²) in [4.78, 5) is 14.3. The number of aryl methyl sites for hydroxylation is 1. The molecule has 0 aliphatic carbocycles. The van der Waals surface area contributed by atoms with E-state index in [0.717, 1.165) is 43.5 Å². The van der Waals surface area contributed by atoms with Crippen LogP contribution in [0, 0.1) is 0 Å². The fourth-order valence-corrected chi connectivity index (χ4v) is 2.30. The van der Waals surface area contributed by atoms with E-state index in [1.807, 2.05) is 23.1 Å². The van der Waals surface area contributed by atoms with Gasteiger partial charge in [0.05, 0.1) is 0 Å². The van der Waals surface area contributed by atoms with Crippen molar-refractivity contribution in [1.29, 1.82) is 0 Å². The SMILES string of the molecule is CCc1ccccc1C(=O)N1CCCCC1. The molecule has 0 N–H and O–H groups in total. The lowest BCUT2D eigenvalue weighted by molar-refractivity contribution is 0.0723. The van der Waals surface area contributed by atoms with Crippen LogP contribution in [0.15, 0.2) is 24.3 Å². The third-order valence-corrected chi connectivity index (χ3v) is 3.27. The van der Waals surface area contributed by atoms with Crippen LogP contribution in [0.4, 0.5) is 0 Å². The molecule has 0 aromatic heterocycles. The minimum absolute atomic E-state index is 0.220. The Hall–Kier alpha value is -1.31. The largest absolute Gasteiger partial charge is 0.339 e. The molecule has 0 saturated carbocycles. The zero-order chi connectivity index (χ0) is 11.4. The lowest BCUT2D eigenvalue weighted by atomic mass is 10.0. The standard InChI is InChI=1S/C14H19NO/c1-2-12-8-4-5-9-13(12)14(16)15-10-6-3-7-11-15/h4-5,8-9H,2-3,6-7,10-11H2,1H3. The molecule has 0 spiro atoms. The molecule has 0 atom stereocenters. The fourth-order valence-electron chi connectivity index (χ4n) is 2.30. The molecular formula is C14H19NO. The van der Waals surface area contributed by atoms with Crippen molar-refractivity contribution in [2.75, 3.05) is 13.1 Å². The molecule has 1 aliphatic rings. The zero-order valence-electron chi connectivity index (χ0n) is 9.91. The van der Waals surface area contributed by atoms with Gasteiger partial charge in [-0.25, -0.2) is 0 Å². The van der Waals surface area contributed by atoms with Crippen LogP contribution in [0.5, 0.6) is 0 Å². The summed E-state index contributed by atoms with van der Waals surface area (Å²) in [7, 11) is 0. The van der Waals surface area contributed by atoms with E-state index in [1.165, 1.54) is 6.42 Å². The molecule has 1 aromatic rings. The number of hydrogen-bond donors (Lipinski definition) is 0. The highest BCUT2D eigenvalue weighted by atomic mass is 16.2. The van der Waals surface area contributed by atoms with E-state index in [2.05, 4.69) is 13.0 Å². The summed E-state index contributed by atoms with van der Waals surface area (Å²) >= 11 is 0. The van der Waals surface area contributed by atoms with Crippen LogP contribution in [0.25, 0.3) is 0 Å². The van der Waals surface area contributed by atoms with E-state index in [-0.39, 0.29) is 5.91 Å². The number of rotatable bonds is 2. The molecule has 1 aliphatic heterocycles. The molecule has 1 amide bonds. The van der Waals surface area contributed by atoms with Crippen molar-refractivity contribution < 1.29 is 4.79 Å². The van der Waals surface area contributed by atoms with Crippen LogP contribution in [0.1, 0.15) is 42.1 Å². The molecular weight excluding hydrogens is 198 g/mol. The minimum Gasteiger partial charge on any atom is -0.339 e. The van der Waals surface area contributed by atoms with Crippen molar-refractivity contribution in [3.05, 3.63) is 35.4 Å². The lowest BCUT2D eigenvalue weighted by Crippen LogP contribution is -2.36. The van der Waals surface area contributed by atoms with Gasteiger partial charge in [-0.3, -0.25) is 4.79 Å². The summed E-state index contributed by atoms with van der Waals surface area (Å²) in [6, 6.07) is 7.97. The fraction of sp³-hybridized carbons (Fsp3) is 0.500. The van der Waals surface area contributed by atoms with Gasteiger partial charge in [0.2, 0.25) is 0 Å². The Kier molecular flexibility index (Phi) is 3.60. The number of amides is 1. The molecule has 0 radical (unpaired) electrons. The zero-order valence-corrected chi connectivity index (χ0v) is 9.91. The smallest absolute Gasteiger partial charge is 0.254 e. The average Bonchev–Trinajstić information content (AvgIpc) is 2.39. The maximum atomic E-state index is 12.3. The number of likely N-dealkylation sites (tertiary alicyclic amines) is 1. The molecule has 1 aromatic carbocycles. The number of carbonyl (C=O) groups is 1. The van der Waals surface area contributed by atoms with Crippen LogP contribution in [0.3, 0.4) is 0 Å². The molecule has 2 heteroatoms. The van der Waals surface area contributed by atoms with Crippen molar-refractivity contribution in [3.8, 4) is 0 Å². The summed E-state index contributed by atoms with van der Waals surface area (Å²) in [6.45, 7) is 3.95. The maximum absolute atomic E-state index is 12.3. The number of carbonyl (C=O) groups excluding carboxylic acids is 1. The number of hydrogen-bond acceptors (Lipinski definition) is 1. The average molecular weight is 217 g/mol. The Morgan fingerprint density at radius 3 is 2.56 bits per heavy atom. The van der Waals surface area contributed by atoms with Gasteiger partial charge in [0, 0.05) is 18.7 Å². The van der Waals surface area contributed by atoms with Gasteiger partial charge >= 0.3 is 0 Å². The number of nitrogens with zero attached hydrogens (tertiary/aromatic N) is 1. The minimum atomic E-state index is 0.220. The topological polar surface area (TPSA) is 20.3 Å². The summed E-state index contributed by atoms with van der Waals surface area (Å²) in [6.07, 6.45) is 4.50. The normalized spacial score (nSPS) is 16.2. The van der Waals surface area contributed by atoms with Gasteiger partial charge in [0.25, 0.3) is 5.91 Å². The van der Waals surface area contributed by atoms with Gasteiger partial charge in [-0.05, 0) is 37.3 Å². The summed E-state index contributed by atoms with van der Waals surface area (Å²) in [5, 5.41) is 0. The molecule has 1 saturated heterocycles. The first-order chi connectivity index (χ1) is 7.83. The van der Waals surface area contributed by atoms with Gasteiger partial charge in [-0.15, -0.1) is 0 Å². The Balaban J connectivity index is 2.19. The highest BCUT2D eigenvalue weighted by Gasteiger charge is 2.19. The molecule has 86 valence electrons. The highest BCUT2D eigenvalue weighted by molar-refractivity contribution is 5.95. The molecule has 1 fully saturated rings. The van der Waals surface area contributed by atoms with E-state index in [1.54, 1.807) is 0 Å². The van der Waals surface area contributed by atoms with Crippen molar-refractivity contribution in [2.24, 2.45) is 0 Å². The summed E-state index contributed by atoms with van der Waals surface area (Å²) in [5.41, 5.74) is 2.06. The quantitative estimate of drug-likeness (QED) is 0.746. The molecule has 0 bridgehead atoms.